The number of nitrogens with zero attached hydrogens (tertiary/aromatic N) is 1. The van der Waals surface area contributed by atoms with E-state index in [-0.39, 0.29) is 0 Å². The fourth-order valence-electron chi connectivity index (χ4n) is 5.59. The highest BCUT2D eigenvalue weighted by Gasteiger charge is 2.13. The molecular weight excluding hydrogens is 502 g/mol. The number of benzene rings is 4. The molecule has 0 saturated heterocycles. The number of hydrogen-bond donors (Lipinski definition) is 0. The molecule has 1 unspecified atom stereocenters. The summed E-state index contributed by atoms with van der Waals surface area (Å²) in [6, 6.07) is 36.1. The zero-order valence-corrected chi connectivity index (χ0v) is 24.0. The van der Waals surface area contributed by atoms with Crippen molar-refractivity contribution in [3.63, 3.8) is 0 Å². The Morgan fingerprint density at radius 3 is 2.24 bits per heavy atom. The number of ether oxygens (including phenoxy) is 1. The van der Waals surface area contributed by atoms with Gasteiger partial charge in [0.05, 0.1) is 18.4 Å². The standard InChI is InChI=1S/C38H37NO2/c1-3-5-6-13-32(4-2)40-26-27-18-20-28(21-19-27)29-11-9-12-30(24-29)31-22-23-36(39-25-31)35-16-10-15-34-33-14-7-8-17-37(33)41-38(34)35/h7-12,14-25,32H,3-6,13,26H2,1-2H3. The van der Waals surface area contributed by atoms with Gasteiger partial charge in [0.1, 0.15) is 11.2 Å². The van der Waals surface area contributed by atoms with Gasteiger partial charge >= 0.3 is 0 Å². The van der Waals surface area contributed by atoms with Crippen LogP contribution in [-0.4, -0.2) is 11.1 Å². The summed E-state index contributed by atoms with van der Waals surface area (Å²) >= 11 is 0. The molecule has 41 heavy (non-hydrogen) atoms. The minimum atomic E-state index is 0.351. The van der Waals surface area contributed by atoms with Crippen LogP contribution in [0.15, 0.2) is 114 Å². The Bertz CT molecular complexity index is 1730. The third kappa shape index (κ3) is 5.96. The van der Waals surface area contributed by atoms with E-state index in [0.29, 0.717) is 12.7 Å². The summed E-state index contributed by atoms with van der Waals surface area (Å²) in [6.45, 7) is 5.14. The van der Waals surface area contributed by atoms with Gasteiger partial charge in [-0.05, 0) is 59.4 Å². The number of aromatic nitrogens is 1. The molecule has 0 radical (unpaired) electrons. The highest BCUT2D eigenvalue weighted by molar-refractivity contribution is 6.09. The van der Waals surface area contributed by atoms with Crippen molar-refractivity contribution >= 4 is 21.9 Å². The van der Waals surface area contributed by atoms with Crippen LogP contribution < -0.4 is 0 Å². The molecule has 0 spiro atoms. The first kappa shape index (κ1) is 27.0. The molecule has 3 heteroatoms. The third-order valence-corrected chi connectivity index (χ3v) is 8.00. The fraction of sp³-hybridized carbons (Fsp3) is 0.237. The van der Waals surface area contributed by atoms with Gasteiger partial charge in [-0.2, -0.15) is 0 Å². The van der Waals surface area contributed by atoms with Gasteiger partial charge in [0.2, 0.25) is 0 Å². The summed E-state index contributed by atoms with van der Waals surface area (Å²) < 4.78 is 12.4. The second kappa shape index (κ2) is 12.5. The van der Waals surface area contributed by atoms with E-state index >= 15 is 0 Å². The Morgan fingerprint density at radius 1 is 0.707 bits per heavy atom. The van der Waals surface area contributed by atoms with Crippen molar-refractivity contribution in [2.75, 3.05) is 0 Å². The van der Waals surface area contributed by atoms with E-state index in [1.165, 1.54) is 36.0 Å². The quantitative estimate of drug-likeness (QED) is 0.154. The summed E-state index contributed by atoms with van der Waals surface area (Å²) in [5.41, 5.74) is 9.54. The molecule has 0 aliphatic rings. The molecule has 2 heterocycles. The lowest BCUT2D eigenvalue weighted by molar-refractivity contribution is 0.0310. The summed E-state index contributed by atoms with van der Waals surface area (Å²) in [4.78, 5) is 4.85. The van der Waals surface area contributed by atoms with E-state index in [1.807, 2.05) is 24.4 Å². The van der Waals surface area contributed by atoms with Gasteiger partial charge in [0, 0.05) is 28.1 Å². The van der Waals surface area contributed by atoms with Crippen molar-refractivity contribution in [3.8, 4) is 33.5 Å². The molecule has 6 rings (SSSR count). The van der Waals surface area contributed by atoms with Gasteiger partial charge in [0.15, 0.2) is 0 Å². The topological polar surface area (TPSA) is 35.3 Å². The van der Waals surface area contributed by atoms with Crippen molar-refractivity contribution in [3.05, 3.63) is 115 Å². The largest absolute Gasteiger partial charge is 0.455 e. The second-order valence-corrected chi connectivity index (χ2v) is 10.8. The molecule has 2 aromatic heterocycles. The summed E-state index contributed by atoms with van der Waals surface area (Å²) in [5.74, 6) is 0. The first-order chi connectivity index (χ1) is 20.2. The molecule has 0 N–H and O–H groups in total. The van der Waals surface area contributed by atoms with E-state index in [9.17, 15) is 0 Å². The smallest absolute Gasteiger partial charge is 0.144 e. The van der Waals surface area contributed by atoms with Crippen molar-refractivity contribution in [1.29, 1.82) is 0 Å². The monoisotopic (exact) mass is 539 g/mol. The van der Waals surface area contributed by atoms with Crippen LogP contribution in [0, 0.1) is 0 Å². The second-order valence-electron chi connectivity index (χ2n) is 10.8. The average molecular weight is 540 g/mol. The summed E-state index contributed by atoms with van der Waals surface area (Å²) in [6.07, 6.45) is 8.32. The Kier molecular flexibility index (Phi) is 8.25. The average Bonchev–Trinajstić information content (AvgIpc) is 3.42. The number of pyridine rings is 1. The minimum absolute atomic E-state index is 0.351. The van der Waals surface area contributed by atoms with Crippen LogP contribution >= 0.6 is 0 Å². The molecule has 0 aliphatic heterocycles. The summed E-state index contributed by atoms with van der Waals surface area (Å²) in [5, 5.41) is 2.25. The highest BCUT2D eigenvalue weighted by atomic mass is 16.5. The molecule has 206 valence electrons. The predicted octanol–water partition coefficient (Wildman–Crippen LogP) is 10.9. The fourth-order valence-corrected chi connectivity index (χ4v) is 5.59. The zero-order chi connectivity index (χ0) is 28.0. The molecule has 6 aromatic rings. The van der Waals surface area contributed by atoms with Crippen LogP contribution in [0.4, 0.5) is 0 Å². The maximum absolute atomic E-state index is 6.23. The van der Waals surface area contributed by atoms with Gasteiger partial charge < -0.3 is 9.15 Å². The van der Waals surface area contributed by atoms with Crippen molar-refractivity contribution in [2.24, 2.45) is 0 Å². The molecule has 3 nitrogen and oxygen atoms in total. The van der Waals surface area contributed by atoms with Crippen LogP contribution in [0.1, 0.15) is 51.5 Å². The van der Waals surface area contributed by atoms with E-state index in [0.717, 1.165) is 57.2 Å². The molecule has 1 atom stereocenters. The lowest BCUT2D eigenvalue weighted by Crippen LogP contribution is -2.11. The number of hydrogen-bond acceptors (Lipinski definition) is 3. The normalized spacial score (nSPS) is 12.2. The van der Waals surface area contributed by atoms with Crippen molar-refractivity contribution in [1.82, 2.24) is 4.98 Å². The van der Waals surface area contributed by atoms with Gasteiger partial charge in [-0.1, -0.05) is 112 Å². The van der Waals surface area contributed by atoms with Crippen LogP contribution in [-0.2, 0) is 11.3 Å². The Balaban J connectivity index is 1.17. The summed E-state index contributed by atoms with van der Waals surface area (Å²) in [7, 11) is 0. The SMILES string of the molecule is CCCCCC(CC)OCc1ccc(-c2cccc(-c3ccc(-c4cccc5c4oc4ccccc45)nc3)c2)cc1. The Labute approximate surface area is 242 Å². The number of para-hydroxylation sites is 2. The maximum atomic E-state index is 6.23. The minimum Gasteiger partial charge on any atom is -0.455 e. The van der Waals surface area contributed by atoms with Gasteiger partial charge in [0.25, 0.3) is 0 Å². The first-order valence-electron chi connectivity index (χ1n) is 14.9. The molecule has 0 aliphatic carbocycles. The van der Waals surface area contributed by atoms with E-state index in [2.05, 4.69) is 98.8 Å². The van der Waals surface area contributed by atoms with E-state index in [4.69, 9.17) is 14.1 Å². The third-order valence-electron chi connectivity index (χ3n) is 8.00. The zero-order valence-electron chi connectivity index (χ0n) is 24.0. The Morgan fingerprint density at radius 2 is 1.46 bits per heavy atom. The molecule has 0 fully saturated rings. The van der Waals surface area contributed by atoms with Gasteiger partial charge in [-0.3, -0.25) is 4.98 Å². The number of furan rings is 1. The lowest BCUT2D eigenvalue weighted by atomic mass is 9.98. The van der Waals surface area contributed by atoms with Gasteiger partial charge in [-0.25, -0.2) is 0 Å². The molecule has 4 aromatic carbocycles. The van der Waals surface area contributed by atoms with Crippen molar-refractivity contribution < 1.29 is 9.15 Å². The van der Waals surface area contributed by atoms with E-state index < -0.39 is 0 Å². The van der Waals surface area contributed by atoms with Crippen molar-refractivity contribution in [2.45, 2.75) is 58.7 Å². The van der Waals surface area contributed by atoms with Crippen LogP contribution in [0.3, 0.4) is 0 Å². The molecule has 0 amide bonds. The first-order valence-corrected chi connectivity index (χ1v) is 14.9. The van der Waals surface area contributed by atoms with E-state index in [1.54, 1.807) is 0 Å². The van der Waals surface area contributed by atoms with Crippen LogP contribution in [0.5, 0.6) is 0 Å². The van der Waals surface area contributed by atoms with Crippen LogP contribution in [0.25, 0.3) is 55.4 Å². The lowest BCUT2D eigenvalue weighted by Gasteiger charge is -2.16. The highest BCUT2D eigenvalue weighted by Crippen LogP contribution is 2.35. The predicted molar refractivity (Wildman–Crippen MR) is 171 cm³/mol. The number of rotatable bonds is 11. The van der Waals surface area contributed by atoms with Crippen LogP contribution in [0.2, 0.25) is 0 Å². The Hall–Kier alpha value is -4.21. The maximum Gasteiger partial charge on any atom is 0.144 e. The number of fused-ring (bicyclic) bond motifs is 3. The number of unbranched alkanes of at least 4 members (excludes halogenated alkanes) is 2. The molecule has 0 saturated carbocycles. The molecular formula is C38H37NO2. The molecule has 0 bridgehead atoms. The van der Waals surface area contributed by atoms with Gasteiger partial charge in [-0.15, -0.1) is 0 Å².